The van der Waals surface area contributed by atoms with E-state index in [4.69, 9.17) is 9.47 Å². The van der Waals surface area contributed by atoms with Crippen LogP contribution >= 0.6 is 0 Å². The molecule has 0 aliphatic heterocycles. The van der Waals surface area contributed by atoms with Gasteiger partial charge >= 0.3 is 11.9 Å². The summed E-state index contributed by atoms with van der Waals surface area (Å²) in [5.41, 5.74) is 0. The summed E-state index contributed by atoms with van der Waals surface area (Å²) in [5, 5.41) is 0. The van der Waals surface area contributed by atoms with E-state index in [2.05, 4.69) is 4.74 Å². The molecule has 0 aliphatic carbocycles. The number of methoxy groups -OCH3 is 1. The van der Waals surface area contributed by atoms with Crippen LogP contribution in [0.5, 0.6) is 0 Å². The van der Waals surface area contributed by atoms with Gasteiger partial charge in [0.15, 0.2) is 0 Å². The number of unbranched alkanes of at least 4 members (excludes halogenated alkanes) is 1. The SMILES string of the molecule is CCCC(=O)O[C@H](CCCCC(=O)OC)CCOCC. The molecule has 0 aromatic carbocycles. The lowest BCUT2D eigenvalue weighted by Gasteiger charge is -2.17. The average molecular weight is 288 g/mol. The Bertz CT molecular complexity index is 265. The van der Waals surface area contributed by atoms with Crippen molar-refractivity contribution in [2.45, 2.75) is 64.9 Å². The van der Waals surface area contributed by atoms with Crippen molar-refractivity contribution in [3.8, 4) is 0 Å². The number of carbonyl (C=O) groups excluding carboxylic acids is 2. The zero-order valence-electron chi connectivity index (χ0n) is 13.0. The Kier molecular flexibility index (Phi) is 12.2. The number of ether oxygens (including phenoxy) is 3. The van der Waals surface area contributed by atoms with Crippen molar-refractivity contribution < 1.29 is 23.8 Å². The normalized spacial score (nSPS) is 11.9. The fraction of sp³-hybridized carbons (Fsp3) is 0.867. The summed E-state index contributed by atoms with van der Waals surface area (Å²) in [5.74, 6) is -0.346. The minimum absolute atomic E-state index is 0.113. The van der Waals surface area contributed by atoms with Crippen molar-refractivity contribution in [2.24, 2.45) is 0 Å². The minimum Gasteiger partial charge on any atom is -0.469 e. The fourth-order valence-electron chi connectivity index (χ4n) is 1.81. The van der Waals surface area contributed by atoms with Crippen LogP contribution in [0.2, 0.25) is 0 Å². The molecule has 5 nitrogen and oxygen atoms in total. The van der Waals surface area contributed by atoms with E-state index in [0.29, 0.717) is 32.5 Å². The summed E-state index contributed by atoms with van der Waals surface area (Å²) in [7, 11) is 1.39. The highest BCUT2D eigenvalue weighted by atomic mass is 16.5. The van der Waals surface area contributed by atoms with E-state index in [9.17, 15) is 9.59 Å². The van der Waals surface area contributed by atoms with Crippen LogP contribution in [-0.2, 0) is 23.8 Å². The zero-order chi connectivity index (χ0) is 15.2. The predicted octanol–water partition coefficient (Wildman–Crippen LogP) is 2.86. The highest BCUT2D eigenvalue weighted by Crippen LogP contribution is 2.12. The molecule has 0 saturated heterocycles. The van der Waals surface area contributed by atoms with Crippen LogP contribution in [0.3, 0.4) is 0 Å². The van der Waals surface area contributed by atoms with Gasteiger partial charge in [0.25, 0.3) is 0 Å². The molecule has 0 unspecified atom stereocenters. The van der Waals surface area contributed by atoms with Crippen molar-refractivity contribution >= 4 is 11.9 Å². The first-order valence-electron chi connectivity index (χ1n) is 7.48. The quantitative estimate of drug-likeness (QED) is 0.408. The molecule has 0 amide bonds. The van der Waals surface area contributed by atoms with Crippen molar-refractivity contribution in [2.75, 3.05) is 20.3 Å². The Balaban J connectivity index is 3.96. The van der Waals surface area contributed by atoms with E-state index in [1.807, 2.05) is 13.8 Å². The molecule has 0 spiro atoms. The first-order chi connectivity index (χ1) is 9.63. The van der Waals surface area contributed by atoms with Crippen LogP contribution in [0.15, 0.2) is 0 Å². The maximum absolute atomic E-state index is 11.5. The van der Waals surface area contributed by atoms with Gasteiger partial charge in [0.2, 0.25) is 0 Å². The number of rotatable bonds is 12. The molecule has 118 valence electrons. The zero-order valence-corrected chi connectivity index (χ0v) is 13.0. The van der Waals surface area contributed by atoms with Crippen molar-refractivity contribution in [3.63, 3.8) is 0 Å². The molecule has 0 radical (unpaired) electrons. The summed E-state index contributed by atoms with van der Waals surface area (Å²) in [6, 6.07) is 0. The summed E-state index contributed by atoms with van der Waals surface area (Å²) in [4.78, 5) is 22.5. The Morgan fingerprint density at radius 2 is 1.75 bits per heavy atom. The van der Waals surface area contributed by atoms with Gasteiger partial charge in [0.05, 0.1) is 13.7 Å². The van der Waals surface area contributed by atoms with Crippen molar-refractivity contribution in [3.05, 3.63) is 0 Å². The molecule has 0 N–H and O–H groups in total. The number of hydrogen-bond acceptors (Lipinski definition) is 5. The van der Waals surface area contributed by atoms with Gasteiger partial charge in [0, 0.05) is 25.9 Å². The molecule has 1 atom stereocenters. The van der Waals surface area contributed by atoms with Crippen LogP contribution in [0.4, 0.5) is 0 Å². The maximum atomic E-state index is 11.5. The molecule has 0 aromatic rings. The lowest BCUT2D eigenvalue weighted by molar-refractivity contribution is -0.150. The molecule has 0 bridgehead atoms. The molecule has 0 fully saturated rings. The lowest BCUT2D eigenvalue weighted by Crippen LogP contribution is -2.20. The van der Waals surface area contributed by atoms with Crippen molar-refractivity contribution in [1.82, 2.24) is 0 Å². The van der Waals surface area contributed by atoms with Gasteiger partial charge in [-0.2, -0.15) is 0 Å². The van der Waals surface area contributed by atoms with E-state index in [1.165, 1.54) is 7.11 Å². The Hall–Kier alpha value is -1.10. The van der Waals surface area contributed by atoms with Gasteiger partial charge in [0.1, 0.15) is 6.10 Å². The monoisotopic (exact) mass is 288 g/mol. The first kappa shape index (κ1) is 18.9. The largest absolute Gasteiger partial charge is 0.469 e. The van der Waals surface area contributed by atoms with Crippen LogP contribution in [0.25, 0.3) is 0 Å². The Labute approximate surface area is 122 Å². The second kappa shape index (κ2) is 12.9. The summed E-state index contributed by atoms with van der Waals surface area (Å²) < 4.78 is 15.3. The van der Waals surface area contributed by atoms with E-state index in [0.717, 1.165) is 25.7 Å². The van der Waals surface area contributed by atoms with Crippen LogP contribution in [0.1, 0.15) is 58.8 Å². The van der Waals surface area contributed by atoms with Gasteiger partial charge in [-0.05, 0) is 32.6 Å². The second-order valence-corrected chi connectivity index (χ2v) is 4.67. The summed E-state index contributed by atoms with van der Waals surface area (Å²) in [6.45, 7) is 5.15. The highest BCUT2D eigenvalue weighted by molar-refractivity contribution is 5.69. The molecule has 5 heteroatoms. The molecule has 0 saturated carbocycles. The number of carbonyl (C=O) groups is 2. The molecule has 0 rings (SSSR count). The van der Waals surface area contributed by atoms with E-state index >= 15 is 0 Å². The average Bonchev–Trinajstić information content (AvgIpc) is 2.43. The van der Waals surface area contributed by atoms with E-state index in [-0.39, 0.29) is 18.0 Å². The maximum Gasteiger partial charge on any atom is 0.306 e. The lowest BCUT2D eigenvalue weighted by atomic mass is 10.1. The van der Waals surface area contributed by atoms with Gasteiger partial charge < -0.3 is 14.2 Å². The van der Waals surface area contributed by atoms with Crippen LogP contribution in [-0.4, -0.2) is 38.4 Å². The van der Waals surface area contributed by atoms with Gasteiger partial charge in [-0.1, -0.05) is 6.92 Å². The third kappa shape index (κ3) is 10.8. The smallest absolute Gasteiger partial charge is 0.306 e. The van der Waals surface area contributed by atoms with Crippen molar-refractivity contribution in [1.29, 1.82) is 0 Å². The highest BCUT2D eigenvalue weighted by Gasteiger charge is 2.14. The topological polar surface area (TPSA) is 61.8 Å². The Morgan fingerprint density at radius 1 is 1.00 bits per heavy atom. The molecule has 0 aromatic heterocycles. The molecule has 0 aliphatic rings. The third-order valence-electron chi connectivity index (χ3n) is 2.93. The number of esters is 2. The molecule has 0 heterocycles. The second-order valence-electron chi connectivity index (χ2n) is 4.67. The van der Waals surface area contributed by atoms with Gasteiger partial charge in [-0.3, -0.25) is 9.59 Å². The third-order valence-corrected chi connectivity index (χ3v) is 2.93. The van der Waals surface area contributed by atoms with Crippen LogP contribution < -0.4 is 0 Å². The van der Waals surface area contributed by atoms with Crippen LogP contribution in [0, 0.1) is 0 Å². The van der Waals surface area contributed by atoms with E-state index in [1.54, 1.807) is 0 Å². The predicted molar refractivity (Wildman–Crippen MR) is 76.4 cm³/mol. The minimum atomic E-state index is -0.196. The number of hydrogen-bond donors (Lipinski definition) is 0. The van der Waals surface area contributed by atoms with E-state index < -0.39 is 0 Å². The first-order valence-corrected chi connectivity index (χ1v) is 7.48. The molecular formula is C15H28O5. The fourth-order valence-corrected chi connectivity index (χ4v) is 1.81. The van der Waals surface area contributed by atoms with Gasteiger partial charge in [-0.15, -0.1) is 0 Å². The standard InChI is InChI=1S/C15H28O5/c1-4-8-15(17)20-13(11-12-19-5-2)9-6-7-10-14(16)18-3/h13H,4-12H2,1-3H3/t13-/m1/s1. The summed E-state index contributed by atoms with van der Waals surface area (Å²) in [6.07, 6.45) is 4.61. The molecule has 20 heavy (non-hydrogen) atoms. The Morgan fingerprint density at radius 3 is 2.35 bits per heavy atom. The van der Waals surface area contributed by atoms with Gasteiger partial charge in [-0.25, -0.2) is 0 Å². The molecular weight excluding hydrogens is 260 g/mol. The summed E-state index contributed by atoms with van der Waals surface area (Å²) >= 11 is 0.